The Labute approximate surface area is 196 Å². The molecule has 1 fully saturated rings. The molecule has 1 saturated heterocycles. The van der Waals surface area contributed by atoms with E-state index in [1.54, 1.807) is 38.1 Å². The lowest BCUT2D eigenvalue weighted by molar-refractivity contribution is 0.0950. The number of benzene rings is 2. The van der Waals surface area contributed by atoms with E-state index in [9.17, 15) is 21.6 Å². The molecule has 33 heavy (non-hydrogen) atoms. The smallest absolute Gasteiger partial charge is 0.251 e. The fourth-order valence-corrected chi connectivity index (χ4v) is 6.49. The molecule has 0 atom stereocenters. The maximum Gasteiger partial charge on any atom is 0.251 e. The molecule has 180 valence electrons. The molecule has 1 heterocycles. The number of rotatable bonds is 8. The predicted molar refractivity (Wildman–Crippen MR) is 127 cm³/mol. The van der Waals surface area contributed by atoms with Crippen LogP contribution in [0, 0.1) is 0 Å². The van der Waals surface area contributed by atoms with Crippen molar-refractivity contribution in [2.75, 3.05) is 20.1 Å². The SMILES string of the molecule is CC(C)N(C)S(=O)(=O)c1ccc(CNC(=O)c2cccc(S(=O)(=O)N3CCCCC3)c2)cc1. The summed E-state index contributed by atoms with van der Waals surface area (Å²) >= 11 is 0. The maximum absolute atomic E-state index is 12.9. The van der Waals surface area contributed by atoms with Crippen molar-refractivity contribution in [2.45, 2.75) is 55.5 Å². The minimum atomic E-state index is -3.62. The first-order chi connectivity index (χ1) is 15.5. The Morgan fingerprint density at radius 1 is 0.970 bits per heavy atom. The minimum Gasteiger partial charge on any atom is -0.348 e. The molecule has 1 N–H and O–H groups in total. The highest BCUT2D eigenvalue weighted by Crippen LogP contribution is 2.21. The molecule has 0 spiro atoms. The lowest BCUT2D eigenvalue weighted by Crippen LogP contribution is -2.35. The number of carbonyl (C=O) groups excluding carboxylic acids is 1. The summed E-state index contributed by atoms with van der Waals surface area (Å²) in [6, 6.07) is 12.2. The van der Waals surface area contributed by atoms with Crippen LogP contribution in [0.3, 0.4) is 0 Å². The highest BCUT2D eigenvalue weighted by atomic mass is 32.2. The highest BCUT2D eigenvalue weighted by Gasteiger charge is 2.26. The molecule has 0 radical (unpaired) electrons. The third kappa shape index (κ3) is 5.81. The normalized spacial score (nSPS) is 15.7. The van der Waals surface area contributed by atoms with E-state index in [2.05, 4.69) is 5.32 Å². The van der Waals surface area contributed by atoms with Crippen LogP contribution in [0.15, 0.2) is 58.3 Å². The van der Waals surface area contributed by atoms with Crippen LogP contribution in [-0.4, -0.2) is 57.5 Å². The van der Waals surface area contributed by atoms with E-state index in [-0.39, 0.29) is 27.9 Å². The Hall–Kier alpha value is -2.27. The molecule has 0 unspecified atom stereocenters. The van der Waals surface area contributed by atoms with Crippen LogP contribution in [-0.2, 0) is 26.6 Å². The Morgan fingerprint density at radius 2 is 1.61 bits per heavy atom. The van der Waals surface area contributed by atoms with Crippen LogP contribution in [0.25, 0.3) is 0 Å². The van der Waals surface area contributed by atoms with Gasteiger partial charge in [-0.05, 0) is 62.6 Å². The quantitative estimate of drug-likeness (QED) is 0.609. The zero-order valence-corrected chi connectivity index (χ0v) is 20.8. The lowest BCUT2D eigenvalue weighted by atomic mass is 10.2. The second-order valence-corrected chi connectivity index (χ2v) is 12.4. The van der Waals surface area contributed by atoms with E-state index < -0.39 is 26.0 Å². The first-order valence-electron chi connectivity index (χ1n) is 11.0. The van der Waals surface area contributed by atoms with Crippen molar-refractivity contribution in [3.05, 3.63) is 59.7 Å². The van der Waals surface area contributed by atoms with Crippen LogP contribution in [0.1, 0.15) is 49.0 Å². The second kappa shape index (κ2) is 10.3. The standard InChI is InChI=1S/C23H31N3O5S2/c1-18(2)25(3)32(28,29)21-12-10-19(11-13-21)17-24-23(27)20-8-7-9-22(16-20)33(30,31)26-14-5-4-6-15-26/h7-13,16,18H,4-6,14-15,17H2,1-3H3,(H,24,27). The van der Waals surface area contributed by atoms with Gasteiger partial charge in [-0.25, -0.2) is 16.8 Å². The van der Waals surface area contributed by atoms with Crippen LogP contribution in [0.5, 0.6) is 0 Å². The van der Waals surface area contributed by atoms with Gasteiger partial charge in [-0.3, -0.25) is 4.79 Å². The first kappa shape index (κ1) is 25.4. The largest absolute Gasteiger partial charge is 0.348 e. The minimum absolute atomic E-state index is 0.112. The summed E-state index contributed by atoms with van der Waals surface area (Å²) < 4.78 is 53.7. The molecule has 0 aliphatic carbocycles. The van der Waals surface area contributed by atoms with Crippen molar-refractivity contribution in [3.63, 3.8) is 0 Å². The predicted octanol–water partition coefficient (Wildman–Crippen LogP) is 2.82. The van der Waals surface area contributed by atoms with Gasteiger partial charge in [0.05, 0.1) is 9.79 Å². The van der Waals surface area contributed by atoms with Gasteiger partial charge in [0.15, 0.2) is 0 Å². The summed E-state index contributed by atoms with van der Waals surface area (Å²) in [6.07, 6.45) is 2.70. The summed E-state index contributed by atoms with van der Waals surface area (Å²) in [6.45, 7) is 4.78. The van der Waals surface area contributed by atoms with E-state index in [4.69, 9.17) is 0 Å². The first-order valence-corrected chi connectivity index (χ1v) is 13.9. The summed E-state index contributed by atoms with van der Waals surface area (Å²) in [5, 5.41) is 2.77. The topological polar surface area (TPSA) is 104 Å². The van der Waals surface area contributed by atoms with Crippen molar-refractivity contribution in [2.24, 2.45) is 0 Å². The maximum atomic E-state index is 12.9. The number of piperidine rings is 1. The molecular formula is C23H31N3O5S2. The number of hydrogen-bond donors (Lipinski definition) is 1. The van der Waals surface area contributed by atoms with Gasteiger partial charge in [-0.1, -0.05) is 24.6 Å². The zero-order valence-electron chi connectivity index (χ0n) is 19.2. The van der Waals surface area contributed by atoms with Crippen LogP contribution >= 0.6 is 0 Å². The zero-order chi connectivity index (χ0) is 24.2. The average molecular weight is 494 g/mol. The van der Waals surface area contributed by atoms with Gasteiger partial charge in [0.1, 0.15) is 0 Å². The molecule has 2 aromatic rings. The number of amides is 1. The van der Waals surface area contributed by atoms with Gasteiger partial charge < -0.3 is 5.32 Å². The van der Waals surface area contributed by atoms with E-state index >= 15 is 0 Å². The summed E-state index contributed by atoms with van der Waals surface area (Å²) in [5.41, 5.74) is 0.984. The Balaban J connectivity index is 1.67. The van der Waals surface area contributed by atoms with Gasteiger partial charge >= 0.3 is 0 Å². The monoisotopic (exact) mass is 493 g/mol. The summed E-state index contributed by atoms with van der Waals surface area (Å²) in [7, 11) is -5.66. The molecule has 3 rings (SSSR count). The summed E-state index contributed by atoms with van der Waals surface area (Å²) in [4.78, 5) is 12.9. The molecule has 8 nitrogen and oxygen atoms in total. The molecule has 0 saturated carbocycles. The van der Waals surface area contributed by atoms with Crippen LogP contribution < -0.4 is 5.32 Å². The van der Waals surface area contributed by atoms with Crippen molar-refractivity contribution >= 4 is 26.0 Å². The number of carbonyl (C=O) groups is 1. The Bertz CT molecular complexity index is 1190. The van der Waals surface area contributed by atoms with Crippen LogP contribution in [0.2, 0.25) is 0 Å². The van der Waals surface area contributed by atoms with Crippen molar-refractivity contribution < 1.29 is 21.6 Å². The molecule has 1 amide bonds. The van der Waals surface area contributed by atoms with Gasteiger partial charge in [0.2, 0.25) is 20.0 Å². The molecule has 1 aliphatic rings. The third-order valence-electron chi connectivity index (χ3n) is 5.83. The highest BCUT2D eigenvalue weighted by molar-refractivity contribution is 7.89. The molecular weight excluding hydrogens is 462 g/mol. The lowest BCUT2D eigenvalue weighted by Gasteiger charge is -2.26. The van der Waals surface area contributed by atoms with Crippen molar-refractivity contribution in [1.82, 2.24) is 13.9 Å². The number of nitrogens with one attached hydrogen (secondary N) is 1. The van der Waals surface area contributed by atoms with Gasteiger partial charge in [-0.2, -0.15) is 8.61 Å². The molecule has 2 aromatic carbocycles. The average Bonchev–Trinajstić information content (AvgIpc) is 2.82. The molecule has 0 aromatic heterocycles. The fourth-order valence-electron chi connectivity index (χ4n) is 3.56. The molecule has 10 heteroatoms. The van der Waals surface area contributed by atoms with E-state index in [1.807, 2.05) is 0 Å². The summed E-state index contributed by atoms with van der Waals surface area (Å²) in [5.74, 6) is -0.401. The number of nitrogens with zero attached hydrogens (tertiary/aromatic N) is 2. The Morgan fingerprint density at radius 3 is 2.21 bits per heavy atom. The van der Waals surface area contributed by atoms with Crippen molar-refractivity contribution in [1.29, 1.82) is 0 Å². The van der Waals surface area contributed by atoms with E-state index in [1.165, 1.54) is 39.9 Å². The second-order valence-electron chi connectivity index (χ2n) is 8.43. The molecule has 1 aliphatic heterocycles. The Kier molecular flexibility index (Phi) is 7.94. The fraction of sp³-hybridized carbons (Fsp3) is 0.435. The van der Waals surface area contributed by atoms with E-state index in [0.717, 1.165) is 24.8 Å². The van der Waals surface area contributed by atoms with Gasteiger partial charge in [0, 0.05) is 38.3 Å². The van der Waals surface area contributed by atoms with Gasteiger partial charge in [0.25, 0.3) is 5.91 Å². The number of sulfonamides is 2. The van der Waals surface area contributed by atoms with E-state index in [0.29, 0.717) is 13.1 Å². The third-order valence-corrected chi connectivity index (χ3v) is 9.77. The molecule has 0 bridgehead atoms. The van der Waals surface area contributed by atoms with Gasteiger partial charge in [-0.15, -0.1) is 0 Å². The number of hydrogen-bond acceptors (Lipinski definition) is 5. The van der Waals surface area contributed by atoms with Crippen molar-refractivity contribution in [3.8, 4) is 0 Å². The van der Waals surface area contributed by atoms with Crippen LogP contribution in [0.4, 0.5) is 0 Å².